The lowest BCUT2D eigenvalue weighted by Gasteiger charge is -2.10. The molecule has 7 heteroatoms. The second kappa shape index (κ2) is 9.01. The van der Waals surface area contributed by atoms with Crippen LogP contribution in [-0.4, -0.2) is 30.9 Å². The molecular weight excluding hydrogens is 358 g/mol. The zero-order valence-corrected chi connectivity index (χ0v) is 15.1. The van der Waals surface area contributed by atoms with Crippen LogP contribution in [0.4, 0.5) is 5.69 Å². The maximum Gasteiger partial charge on any atom is 0.344 e. The molecule has 0 saturated carbocycles. The van der Waals surface area contributed by atoms with Gasteiger partial charge in [0.2, 0.25) is 0 Å². The van der Waals surface area contributed by atoms with Gasteiger partial charge in [0.15, 0.2) is 19.0 Å². The van der Waals surface area contributed by atoms with E-state index in [1.165, 1.54) is 6.92 Å². The molecule has 0 heterocycles. The van der Waals surface area contributed by atoms with E-state index in [1.807, 2.05) is 6.92 Å². The summed E-state index contributed by atoms with van der Waals surface area (Å²) < 4.78 is 10.1. The quantitative estimate of drug-likeness (QED) is 0.592. The highest BCUT2D eigenvalue weighted by Crippen LogP contribution is 2.20. The number of hydrogen-bond donors (Lipinski definition) is 1. The van der Waals surface area contributed by atoms with Crippen LogP contribution >= 0.6 is 11.6 Å². The number of Topliss-reactive ketones (excluding diaryl/α,β-unsaturated/α-hetero) is 1. The highest BCUT2D eigenvalue weighted by Gasteiger charge is 2.10. The minimum Gasteiger partial charge on any atom is -0.482 e. The predicted molar refractivity (Wildman–Crippen MR) is 97.7 cm³/mol. The summed E-state index contributed by atoms with van der Waals surface area (Å²) in [5.74, 6) is -0.795. The first-order valence-electron chi connectivity index (χ1n) is 7.80. The van der Waals surface area contributed by atoms with Gasteiger partial charge in [0.1, 0.15) is 5.75 Å². The van der Waals surface area contributed by atoms with Crippen LogP contribution in [0, 0.1) is 6.92 Å². The highest BCUT2D eigenvalue weighted by atomic mass is 35.5. The number of nitrogens with one attached hydrogen (secondary N) is 1. The number of carbonyl (C=O) groups is 3. The van der Waals surface area contributed by atoms with Gasteiger partial charge in [0.05, 0.1) is 0 Å². The number of ketones is 1. The number of halogens is 1. The highest BCUT2D eigenvalue weighted by molar-refractivity contribution is 6.31. The zero-order chi connectivity index (χ0) is 19.1. The Morgan fingerprint density at radius 1 is 1.04 bits per heavy atom. The van der Waals surface area contributed by atoms with E-state index in [-0.39, 0.29) is 12.4 Å². The van der Waals surface area contributed by atoms with Crippen molar-refractivity contribution in [1.82, 2.24) is 0 Å². The second-order valence-electron chi connectivity index (χ2n) is 5.54. The van der Waals surface area contributed by atoms with Gasteiger partial charge in [0.25, 0.3) is 5.91 Å². The zero-order valence-electron chi connectivity index (χ0n) is 14.4. The molecule has 0 atom stereocenters. The van der Waals surface area contributed by atoms with E-state index in [1.54, 1.807) is 42.5 Å². The first-order valence-corrected chi connectivity index (χ1v) is 8.18. The third-order valence-electron chi connectivity index (χ3n) is 3.46. The number of anilines is 1. The molecule has 2 aromatic rings. The van der Waals surface area contributed by atoms with E-state index < -0.39 is 18.5 Å². The Bertz CT molecular complexity index is 817. The van der Waals surface area contributed by atoms with Crippen LogP contribution in [-0.2, 0) is 14.3 Å². The number of aryl methyl sites for hydroxylation is 1. The van der Waals surface area contributed by atoms with Crippen molar-refractivity contribution in [2.24, 2.45) is 0 Å². The van der Waals surface area contributed by atoms with Gasteiger partial charge < -0.3 is 14.8 Å². The van der Waals surface area contributed by atoms with Crippen molar-refractivity contribution >= 4 is 34.9 Å². The molecule has 0 aliphatic heterocycles. The fourth-order valence-corrected chi connectivity index (χ4v) is 2.20. The first-order chi connectivity index (χ1) is 12.3. The largest absolute Gasteiger partial charge is 0.482 e. The number of amides is 1. The van der Waals surface area contributed by atoms with E-state index in [2.05, 4.69) is 5.32 Å². The van der Waals surface area contributed by atoms with Gasteiger partial charge >= 0.3 is 5.97 Å². The molecular formula is C19H18ClNO5. The summed E-state index contributed by atoms with van der Waals surface area (Å²) >= 11 is 5.88. The average Bonchev–Trinajstić information content (AvgIpc) is 2.61. The Balaban J connectivity index is 1.76. The van der Waals surface area contributed by atoms with E-state index in [0.29, 0.717) is 22.0 Å². The van der Waals surface area contributed by atoms with Crippen LogP contribution in [0.2, 0.25) is 5.02 Å². The van der Waals surface area contributed by atoms with Crippen molar-refractivity contribution in [3.05, 3.63) is 58.6 Å². The van der Waals surface area contributed by atoms with Gasteiger partial charge in [-0.1, -0.05) is 17.7 Å². The van der Waals surface area contributed by atoms with Gasteiger partial charge in [-0.3, -0.25) is 9.59 Å². The molecule has 26 heavy (non-hydrogen) atoms. The van der Waals surface area contributed by atoms with Crippen LogP contribution in [0.1, 0.15) is 22.8 Å². The fourth-order valence-electron chi connectivity index (χ4n) is 2.03. The molecule has 0 spiro atoms. The standard InChI is InChI=1S/C19H18ClNO5/c1-12-3-6-15(20)9-17(12)21-18(23)10-26-19(24)11-25-16-7-4-14(5-8-16)13(2)22/h3-9H,10-11H2,1-2H3,(H,21,23). The van der Waals surface area contributed by atoms with Crippen molar-refractivity contribution in [2.45, 2.75) is 13.8 Å². The number of benzene rings is 2. The molecule has 0 fully saturated rings. The smallest absolute Gasteiger partial charge is 0.344 e. The Hall–Kier alpha value is -2.86. The number of hydrogen-bond acceptors (Lipinski definition) is 5. The molecule has 0 saturated heterocycles. The summed E-state index contributed by atoms with van der Waals surface area (Å²) in [6, 6.07) is 11.5. The van der Waals surface area contributed by atoms with Crippen molar-refractivity contribution < 1.29 is 23.9 Å². The molecule has 0 aromatic heterocycles. The van der Waals surface area contributed by atoms with Gasteiger partial charge in [-0.25, -0.2) is 4.79 Å². The third-order valence-corrected chi connectivity index (χ3v) is 3.69. The monoisotopic (exact) mass is 375 g/mol. The second-order valence-corrected chi connectivity index (χ2v) is 5.97. The predicted octanol–water partition coefficient (Wildman–Crippen LogP) is 3.41. The number of carbonyl (C=O) groups excluding carboxylic acids is 3. The lowest BCUT2D eigenvalue weighted by Crippen LogP contribution is -2.24. The maximum absolute atomic E-state index is 11.9. The number of rotatable bonds is 7. The molecule has 1 amide bonds. The van der Waals surface area contributed by atoms with Crippen LogP contribution in [0.3, 0.4) is 0 Å². The maximum atomic E-state index is 11.9. The summed E-state index contributed by atoms with van der Waals surface area (Å²) in [6.07, 6.45) is 0. The lowest BCUT2D eigenvalue weighted by atomic mass is 10.1. The molecule has 0 radical (unpaired) electrons. The molecule has 1 N–H and O–H groups in total. The summed E-state index contributed by atoms with van der Waals surface area (Å²) in [5, 5.41) is 3.12. The van der Waals surface area contributed by atoms with Gasteiger partial charge in [-0.05, 0) is 55.8 Å². The summed E-state index contributed by atoms with van der Waals surface area (Å²) in [6.45, 7) is 2.51. The van der Waals surface area contributed by atoms with Crippen LogP contribution in [0.15, 0.2) is 42.5 Å². The van der Waals surface area contributed by atoms with E-state index in [9.17, 15) is 14.4 Å². The average molecular weight is 376 g/mol. The van der Waals surface area contributed by atoms with Crippen LogP contribution in [0.5, 0.6) is 5.75 Å². The Morgan fingerprint density at radius 3 is 2.38 bits per heavy atom. The normalized spacial score (nSPS) is 10.1. The third kappa shape index (κ3) is 5.89. The van der Waals surface area contributed by atoms with Crippen LogP contribution < -0.4 is 10.1 Å². The first kappa shape index (κ1) is 19.5. The minimum atomic E-state index is -0.682. The fraction of sp³-hybridized carbons (Fsp3) is 0.211. The number of ether oxygens (including phenoxy) is 2. The molecule has 136 valence electrons. The van der Waals surface area contributed by atoms with E-state index >= 15 is 0 Å². The minimum absolute atomic E-state index is 0.0584. The van der Waals surface area contributed by atoms with Crippen molar-refractivity contribution in [3.8, 4) is 5.75 Å². The molecule has 6 nitrogen and oxygen atoms in total. The molecule has 0 aliphatic carbocycles. The summed E-state index contributed by atoms with van der Waals surface area (Å²) in [7, 11) is 0. The molecule has 0 bridgehead atoms. The molecule has 2 aromatic carbocycles. The Kier molecular flexibility index (Phi) is 6.74. The van der Waals surface area contributed by atoms with Crippen molar-refractivity contribution in [2.75, 3.05) is 18.5 Å². The molecule has 0 aliphatic rings. The Labute approximate surface area is 156 Å². The van der Waals surface area contributed by atoms with Gasteiger partial charge in [-0.2, -0.15) is 0 Å². The van der Waals surface area contributed by atoms with E-state index in [0.717, 1.165) is 5.56 Å². The molecule has 0 unspecified atom stereocenters. The van der Waals surface area contributed by atoms with Crippen molar-refractivity contribution in [3.63, 3.8) is 0 Å². The van der Waals surface area contributed by atoms with E-state index in [4.69, 9.17) is 21.1 Å². The summed E-state index contributed by atoms with van der Waals surface area (Å²) in [4.78, 5) is 34.7. The van der Waals surface area contributed by atoms with Crippen molar-refractivity contribution in [1.29, 1.82) is 0 Å². The topological polar surface area (TPSA) is 81.7 Å². The SMILES string of the molecule is CC(=O)c1ccc(OCC(=O)OCC(=O)Nc2cc(Cl)ccc2C)cc1. The van der Waals surface area contributed by atoms with Crippen LogP contribution in [0.25, 0.3) is 0 Å². The number of esters is 1. The van der Waals surface area contributed by atoms with Gasteiger partial charge in [-0.15, -0.1) is 0 Å². The Morgan fingerprint density at radius 2 is 1.73 bits per heavy atom. The summed E-state index contributed by atoms with van der Waals surface area (Å²) in [5.41, 5.74) is 1.94. The van der Waals surface area contributed by atoms with Gasteiger partial charge in [0, 0.05) is 16.3 Å². The lowest BCUT2D eigenvalue weighted by molar-refractivity contribution is -0.149. The molecule has 2 rings (SSSR count).